The van der Waals surface area contributed by atoms with Crippen LogP contribution in [-0.4, -0.2) is 24.5 Å². The molecule has 59 heavy (non-hydrogen) atoms. The first-order chi connectivity index (χ1) is 29.2. The molecule has 0 unspecified atom stereocenters. The molecule has 0 saturated heterocycles. The number of nitrogens with zero attached hydrogens (tertiary/aromatic N) is 5. The van der Waals surface area contributed by atoms with Crippen molar-refractivity contribution in [2.24, 2.45) is 0 Å². The number of benzene rings is 8. The van der Waals surface area contributed by atoms with E-state index in [0.717, 1.165) is 71.5 Å². The maximum Gasteiger partial charge on any atom is 0.238 e. The fourth-order valence-corrected chi connectivity index (χ4v) is 8.37. The highest BCUT2D eigenvalue weighted by molar-refractivity contribution is 6.13. The van der Waals surface area contributed by atoms with E-state index in [2.05, 4.69) is 108 Å². The first-order valence-electron chi connectivity index (χ1n) is 19.6. The van der Waals surface area contributed by atoms with Gasteiger partial charge < -0.3 is 8.83 Å². The maximum atomic E-state index is 6.88. The van der Waals surface area contributed by atoms with Gasteiger partial charge in [-0.15, -0.1) is 0 Å². The van der Waals surface area contributed by atoms with Crippen molar-refractivity contribution >= 4 is 54.8 Å². The maximum absolute atomic E-state index is 6.88. The minimum atomic E-state index is 0.455. The zero-order valence-corrected chi connectivity index (χ0v) is 31.5. The number of para-hydroxylation sites is 4. The van der Waals surface area contributed by atoms with Gasteiger partial charge in [-0.1, -0.05) is 140 Å². The molecule has 0 radical (unpaired) electrons. The summed E-state index contributed by atoms with van der Waals surface area (Å²) in [5.74, 6) is 1.93. The van der Waals surface area contributed by atoms with Crippen LogP contribution in [-0.2, 0) is 0 Å². The first kappa shape index (κ1) is 33.0. The van der Waals surface area contributed by atoms with Crippen LogP contribution in [0.25, 0.3) is 117 Å². The molecule has 276 valence electrons. The Morgan fingerprint density at radius 1 is 0.339 bits per heavy atom. The first-order valence-corrected chi connectivity index (χ1v) is 19.6. The molecule has 4 heterocycles. The van der Waals surface area contributed by atoms with Crippen LogP contribution in [0.3, 0.4) is 0 Å². The lowest BCUT2D eigenvalue weighted by molar-refractivity contribution is 0.620. The van der Waals surface area contributed by atoms with Crippen molar-refractivity contribution in [3.8, 4) is 62.4 Å². The normalized spacial score (nSPS) is 11.7. The van der Waals surface area contributed by atoms with Gasteiger partial charge in [0.25, 0.3) is 0 Å². The number of hydrogen-bond acceptors (Lipinski definition) is 6. The van der Waals surface area contributed by atoms with Gasteiger partial charge in [0.1, 0.15) is 16.7 Å². The van der Waals surface area contributed by atoms with E-state index in [1.165, 1.54) is 0 Å². The molecule has 8 aromatic carbocycles. The number of rotatable bonds is 6. The molecule has 7 nitrogen and oxygen atoms in total. The van der Waals surface area contributed by atoms with E-state index in [9.17, 15) is 0 Å². The highest BCUT2D eigenvalue weighted by Gasteiger charge is 2.23. The monoisotopic (exact) mass is 757 g/mol. The van der Waals surface area contributed by atoms with Crippen molar-refractivity contribution in [2.45, 2.75) is 0 Å². The Labute approximate surface area is 337 Å². The van der Waals surface area contributed by atoms with Crippen LogP contribution in [0.5, 0.6) is 0 Å². The third kappa shape index (κ3) is 5.36. The van der Waals surface area contributed by atoms with E-state index in [0.29, 0.717) is 45.7 Å². The molecule has 0 spiro atoms. The van der Waals surface area contributed by atoms with E-state index in [4.69, 9.17) is 28.8 Å². The van der Waals surface area contributed by atoms with Crippen LogP contribution in [0.15, 0.2) is 197 Å². The topological polar surface area (TPSA) is 82.8 Å². The quantitative estimate of drug-likeness (QED) is 0.168. The molecule has 0 bridgehead atoms. The fraction of sp³-hybridized carbons (Fsp3) is 0. The minimum absolute atomic E-state index is 0.455. The Morgan fingerprint density at radius 3 is 1.63 bits per heavy atom. The molecule has 0 aliphatic heterocycles. The summed E-state index contributed by atoms with van der Waals surface area (Å²) in [5, 5.41) is 4.20. The number of furan rings is 1. The number of hydrogen-bond donors (Lipinski definition) is 0. The third-order valence-electron chi connectivity index (χ3n) is 11.1. The summed E-state index contributed by atoms with van der Waals surface area (Å²) in [6, 6.07) is 64.1. The van der Waals surface area contributed by atoms with Gasteiger partial charge in [0.15, 0.2) is 17.2 Å². The van der Waals surface area contributed by atoms with E-state index >= 15 is 0 Å². The summed E-state index contributed by atoms with van der Waals surface area (Å²) in [5.41, 5.74) is 11.5. The second-order valence-electron chi connectivity index (χ2n) is 14.6. The summed E-state index contributed by atoms with van der Waals surface area (Å²) in [4.78, 5) is 20.7. The second kappa shape index (κ2) is 13.2. The summed E-state index contributed by atoms with van der Waals surface area (Å²) < 4.78 is 15.6. The summed E-state index contributed by atoms with van der Waals surface area (Å²) in [7, 11) is 0. The van der Waals surface area contributed by atoms with Crippen molar-refractivity contribution in [2.75, 3.05) is 0 Å². The summed E-state index contributed by atoms with van der Waals surface area (Å²) in [6.07, 6.45) is 0. The molecule has 7 heteroatoms. The van der Waals surface area contributed by atoms with Crippen molar-refractivity contribution in [3.05, 3.63) is 188 Å². The lowest BCUT2D eigenvalue weighted by atomic mass is 10.0. The van der Waals surface area contributed by atoms with Gasteiger partial charge in [0.05, 0.1) is 22.2 Å². The molecule has 0 amide bonds. The van der Waals surface area contributed by atoms with Gasteiger partial charge >= 0.3 is 0 Å². The zero-order chi connectivity index (χ0) is 38.9. The Morgan fingerprint density at radius 2 is 0.898 bits per heavy atom. The molecule has 12 rings (SSSR count). The van der Waals surface area contributed by atoms with Crippen molar-refractivity contribution < 1.29 is 8.83 Å². The van der Waals surface area contributed by atoms with Crippen LogP contribution < -0.4 is 0 Å². The van der Waals surface area contributed by atoms with E-state index < -0.39 is 0 Å². The third-order valence-corrected chi connectivity index (χ3v) is 11.1. The van der Waals surface area contributed by atoms with E-state index in [-0.39, 0.29) is 0 Å². The lowest BCUT2D eigenvalue weighted by Crippen LogP contribution is -2.06. The standard InChI is InChI=1S/C52H31N5O2/c1-4-15-32(16-5-1)35-29-30-45-42(31-35)37-21-10-11-28-44(37)57(45)52-55-49(54-50(56-52)41-26-14-27-43-48(41)59-51(53-43)34-19-8-3-9-20-34)40-25-13-24-39-38-23-12-22-36(46(38)58-47(39)40)33-17-6-2-7-18-33/h1-31H. The van der Waals surface area contributed by atoms with Crippen LogP contribution in [0, 0.1) is 0 Å². The highest BCUT2D eigenvalue weighted by atomic mass is 16.3. The predicted molar refractivity (Wildman–Crippen MR) is 236 cm³/mol. The SMILES string of the molecule is c1ccc(-c2ccc3c(c2)c2ccccc2n3-c2nc(-c3cccc4nc(-c5ccccc5)oc34)nc(-c3cccc4c3oc3c(-c5ccccc5)cccc34)n2)cc1. The molecule has 0 atom stereocenters. The molecular weight excluding hydrogens is 727 g/mol. The lowest BCUT2D eigenvalue weighted by Gasteiger charge is -2.11. The van der Waals surface area contributed by atoms with Crippen LogP contribution in [0.4, 0.5) is 0 Å². The molecule has 0 aliphatic rings. The highest BCUT2D eigenvalue weighted by Crippen LogP contribution is 2.41. The average Bonchev–Trinajstić information content (AvgIpc) is 4.02. The molecular formula is C52H31N5O2. The Kier molecular flexibility index (Phi) is 7.40. The Hall–Kier alpha value is -8.16. The second-order valence-corrected chi connectivity index (χ2v) is 14.6. The molecule has 0 saturated carbocycles. The number of oxazole rings is 1. The van der Waals surface area contributed by atoms with Crippen molar-refractivity contribution in [3.63, 3.8) is 0 Å². The van der Waals surface area contributed by atoms with Gasteiger partial charge in [-0.2, -0.15) is 9.97 Å². The van der Waals surface area contributed by atoms with Gasteiger partial charge in [-0.25, -0.2) is 9.97 Å². The van der Waals surface area contributed by atoms with Crippen molar-refractivity contribution in [1.82, 2.24) is 24.5 Å². The van der Waals surface area contributed by atoms with E-state index in [1.54, 1.807) is 0 Å². The Balaban J connectivity index is 1.13. The van der Waals surface area contributed by atoms with Gasteiger partial charge in [-0.3, -0.25) is 4.57 Å². The van der Waals surface area contributed by atoms with Gasteiger partial charge in [-0.05, 0) is 65.2 Å². The van der Waals surface area contributed by atoms with Crippen molar-refractivity contribution in [1.29, 1.82) is 0 Å². The molecule has 0 N–H and O–H groups in total. The summed E-state index contributed by atoms with van der Waals surface area (Å²) in [6.45, 7) is 0. The molecule has 12 aromatic rings. The zero-order valence-electron chi connectivity index (χ0n) is 31.5. The molecule has 0 fully saturated rings. The summed E-state index contributed by atoms with van der Waals surface area (Å²) >= 11 is 0. The smallest absolute Gasteiger partial charge is 0.238 e. The van der Waals surface area contributed by atoms with Crippen LogP contribution >= 0.6 is 0 Å². The number of fused-ring (bicyclic) bond motifs is 7. The van der Waals surface area contributed by atoms with E-state index in [1.807, 2.05) is 84.9 Å². The largest absolute Gasteiger partial charge is 0.455 e. The van der Waals surface area contributed by atoms with Gasteiger partial charge in [0, 0.05) is 32.7 Å². The van der Waals surface area contributed by atoms with Crippen LogP contribution in [0.1, 0.15) is 0 Å². The fourth-order valence-electron chi connectivity index (χ4n) is 8.37. The van der Waals surface area contributed by atoms with Gasteiger partial charge in [0.2, 0.25) is 11.8 Å². The predicted octanol–water partition coefficient (Wildman–Crippen LogP) is 13.3. The van der Waals surface area contributed by atoms with Crippen LogP contribution in [0.2, 0.25) is 0 Å². The Bertz CT molecular complexity index is 3550. The molecule has 0 aliphatic carbocycles. The minimum Gasteiger partial charge on any atom is -0.455 e. The number of aromatic nitrogens is 5. The average molecular weight is 758 g/mol. The molecule has 4 aromatic heterocycles.